The molecule has 1 aromatic rings. The predicted molar refractivity (Wildman–Crippen MR) is 114 cm³/mol. The number of likely N-dealkylation sites (tertiary alicyclic amines) is 2. The zero-order valence-corrected chi connectivity index (χ0v) is 17.3. The molecule has 0 bridgehead atoms. The molecule has 1 aliphatic carbocycles. The van der Waals surface area contributed by atoms with E-state index in [4.69, 9.17) is 4.99 Å². The molecule has 154 valence electrons. The first kappa shape index (κ1) is 19.7. The molecular formula is C23H36N4O. The molecule has 2 heterocycles. The maximum absolute atomic E-state index is 10.4. The largest absolute Gasteiger partial charge is 0.388 e. The molecule has 28 heavy (non-hydrogen) atoms. The summed E-state index contributed by atoms with van der Waals surface area (Å²) < 4.78 is 0. The highest BCUT2D eigenvalue weighted by molar-refractivity contribution is 5.80. The lowest BCUT2D eigenvalue weighted by atomic mass is 9.80. The van der Waals surface area contributed by atoms with Crippen LogP contribution in [0.5, 0.6) is 0 Å². The first-order valence-electron chi connectivity index (χ1n) is 11.2. The van der Waals surface area contributed by atoms with Crippen molar-refractivity contribution in [2.75, 3.05) is 32.7 Å². The van der Waals surface area contributed by atoms with E-state index in [1.54, 1.807) is 0 Å². The molecule has 2 atom stereocenters. The van der Waals surface area contributed by atoms with Gasteiger partial charge >= 0.3 is 0 Å². The monoisotopic (exact) mass is 384 g/mol. The molecule has 5 nitrogen and oxygen atoms in total. The molecule has 2 N–H and O–H groups in total. The number of rotatable bonds is 5. The highest BCUT2D eigenvalue weighted by atomic mass is 16.3. The summed E-state index contributed by atoms with van der Waals surface area (Å²) in [7, 11) is 0. The van der Waals surface area contributed by atoms with Crippen LogP contribution in [0, 0.1) is 5.92 Å². The fraction of sp³-hybridized carbons (Fsp3) is 0.696. The molecule has 2 unspecified atom stereocenters. The lowest BCUT2D eigenvalue weighted by Crippen LogP contribution is -2.57. The Bertz CT molecular complexity index is 658. The van der Waals surface area contributed by atoms with Gasteiger partial charge in [0.25, 0.3) is 0 Å². The minimum atomic E-state index is -0.545. The lowest BCUT2D eigenvalue weighted by Gasteiger charge is -2.48. The van der Waals surface area contributed by atoms with Gasteiger partial charge in [0, 0.05) is 32.2 Å². The van der Waals surface area contributed by atoms with Gasteiger partial charge in [0.1, 0.15) is 0 Å². The van der Waals surface area contributed by atoms with Crippen LogP contribution in [-0.2, 0) is 6.54 Å². The Balaban J connectivity index is 1.39. The minimum Gasteiger partial charge on any atom is -0.388 e. The van der Waals surface area contributed by atoms with E-state index in [1.165, 1.54) is 31.4 Å². The summed E-state index contributed by atoms with van der Waals surface area (Å²) in [5.74, 6) is 1.71. The van der Waals surface area contributed by atoms with E-state index in [9.17, 15) is 5.11 Å². The Morgan fingerprint density at radius 2 is 2.00 bits per heavy atom. The van der Waals surface area contributed by atoms with Crippen LogP contribution in [0.1, 0.15) is 51.0 Å². The number of benzene rings is 1. The third kappa shape index (κ3) is 4.52. The van der Waals surface area contributed by atoms with E-state index in [-0.39, 0.29) is 0 Å². The number of aliphatic hydroxyl groups is 1. The second-order valence-electron chi connectivity index (χ2n) is 8.91. The first-order valence-corrected chi connectivity index (χ1v) is 11.2. The molecule has 2 saturated heterocycles. The van der Waals surface area contributed by atoms with Crippen molar-refractivity contribution in [3.63, 3.8) is 0 Å². The van der Waals surface area contributed by atoms with Crippen LogP contribution < -0.4 is 5.32 Å². The van der Waals surface area contributed by atoms with Crippen molar-refractivity contribution in [3.8, 4) is 0 Å². The molecule has 3 fully saturated rings. The zero-order valence-electron chi connectivity index (χ0n) is 17.3. The van der Waals surface area contributed by atoms with Crippen molar-refractivity contribution < 1.29 is 5.11 Å². The summed E-state index contributed by atoms with van der Waals surface area (Å²) in [6.45, 7) is 7.97. The molecule has 1 saturated carbocycles. The summed E-state index contributed by atoms with van der Waals surface area (Å²) in [6, 6.07) is 11.6. The van der Waals surface area contributed by atoms with Gasteiger partial charge in [-0.15, -0.1) is 0 Å². The van der Waals surface area contributed by atoms with Crippen LogP contribution in [0.4, 0.5) is 0 Å². The van der Waals surface area contributed by atoms with Crippen LogP contribution >= 0.6 is 0 Å². The normalized spacial score (nSPS) is 27.8. The second-order valence-corrected chi connectivity index (χ2v) is 8.91. The second kappa shape index (κ2) is 8.83. The number of fused-ring (bicyclic) bond motifs is 1. The molecule has 1 aromatic carbocycles. The van der Waals surface area contributed by atoms with Crippen molar-refractivity contribution >= 4 is 5.96 Å². The Morgan fingerprint density at radius 3 is 2.71 bits per heavy atom. The fourth-order valence-electron chi connectivity index (χ4n) is 5.10. The van der Waals surface area contributed by atoms with Crippen LogP contribution in [0.15, 0.2) is 35.3 Å². The standard InChI is InChI=1S/C23H36N4O/c1-2-24-22(25-18-23(28)12-7-13-23)27-15-11-21-20(17-27)10-6-14-26(21)16-19-8-4-3-5-9-19/h3-5,8-9,20-21,28H,2,6-7,10-18H2,1H3,(H,24,25). The molecule has 0 spiro atoms. The van der Waals surface area contributed by atoms with E-state index in [0.717, 1.165) is 51.4 Å². The van der Waals surface area contributed by atoms with Gasteiger partial charge in [0.05, 0.1) is 12.1 Å². The average molecular weight is 385 g/mol. The molecule has 2 aliphatic heterocycles. The third-order valence-electron chi connectivity index (χ3n) is 6.85. The number of nitrogens with one attached hydrogen (secondary N) is 1. The number of aliphatic imine (C=N–C) groups is 1. The zero-order chi connectivity index (χ0) is 19.4. The Morgan fingerprint density at radius 1 is 1.18 bits per heavy atom. The number of guanidine groups is 1. The van der Waals surface area contributed by atoms with Gasteiger partial charge in [-0.3, -0.25) is 9.89 Å². The van der Waals surface area contributed by atoms with Crippen LogP contribution in [-0.4, -0.2) is 65.2 Å². The van der Waals surface area contributed by atoms with Crippen LogP contribution in [0.3, 0.4) is 0 Å². The summed E-state index contributed by atoms with van der Waals surface area (Å²) >= 11 is 0. The predicted octanol–water partition coefficient (Wildman–Crippen LogP) is 2.85. The summed E-state index contributed by atoms with van der Waals surface area (Å²) in [4.78, 5) is 9.98. The average Bonchev–Trinajstić information content (AvgIpc) is 2.70. The summed E-state index contributed by atoms with van der Waals surface area (Å²) in [6.07, 6.45) is 6.73. The first-order chi connectivity index (χ1) is 13.7. The van der Waals surface area contributed by atoms with Gasteiger partial charge in [-0.2, -0.15) is 0 Å². The Kier molecular flexibility index (Phi) is 6.22. The van der Waals surface area contributed by atoms with Gasteiger partial charge < -0.3 is 15.3 Å². The smallest absolute Gasteiger partial charge is 0.194 e. The molecule has 0 aromatic heterocycles. The molecule has 0 radical (unpaired) electrons. The number of piperidine rings is 2. The highest BCUT2D eigenvalue weighted by Crippen LogP contribution is 2.33. The van der Waals surface area contributed by atoms with Crippen molar-refractivity contribution in [2.45, 2.75) is 63.6 Å². The Hall–Kier alpha value is -1.59. The van der Waals surface area contributed by atoms with Gasteiger partial charge in [-0.05, 0) is 63.5 Å². The lowest BCUT2D eigenvalue weighted by molar-refractivity contribution is -0.0239. The van der Waals surface area contributed by atoms with E-state index < -0.39 is 5.60 Å². The molecule has 5 heteroatoms. The Labute approximate surface area is 169 Å². The molecular weight excluding hydrogens is 348 g/mol. The van der Waals surface area contributed by atoms with Crippen LogP contribution in [0.25, 0.3) is 0 Å². The molecule has 3 aliphatic rings. The maximum Gasteiger partial charge on any atom is 0.194 e. The molecule has 4 rings (SSSR count). The van der Waals surface area contributed by atoms with Crippen molar-refractivity contribution in [3.05, 3.63) is 35.9 Å². The van der Waals surface area contributed by atoms with Gasteiger partial charge in [-0.25, -0.2) is 0 Å². The van der Waals surface area contributed by atoms with E-state index in [0.29, 0.717) is 18.5 Å². The van der Waals surface area contributed by atoms with Gasteiger partial charge in [-0.1, -0.05) is 30.3 Å². The van der Waals surface area contributed by atoms with Crippen molar-refractivity contribution in [1.29, 1.82) is 0 Å². The maximum atomic E-state index is 10.4. The third-order valence-corrected chi connectivity index (χ3v) is 6.85. The fourth-order valence-corrected chi connectivity index (χ4v) is 5.10. The summed E-state index contributed by atoms with van der Waals surface area (Å²) in [5.41, 5.74) is 0.880. The van der Waals surface area contributed by atoms with Crippen LogP contribution in [0.2, 0.25) is 0 Å². The van der Waals surface area contributed by atoms with E-state index in [1.807, 2.05) is 0 Å². The van der Waals surface area contributed by atoms with Gasteiger partial charge in [0.2, 0.25) is 0 Å². The molecule has 0 amide bonds. The highest BCUT2D eigenvalue weighted by Gasteiger charge is 2.38. The topological polar surface area (TPSA) is 51.1 Å². The SMILES string of the molecule is CCNC(=NCC1(O)CCC1)N1CCC2C(CCCN2Cc2ccccc2)C1. The number of nitrogens with zero attached hydrogens (tertiary/aromatic N) is 3. The van der Waals surface area contributed by atoms with Gasteiger partial charge in [0.15, 0.2) is 5.96 Å². The number of hydrogen-bond acceptors (Lipinski definition) is 3. The number of hydrogen-bond donors (Lipinski definition) is 2. The van der Waals surface area contributed by atoms with E-state index in [2.05, 4.69) is 52.4 Å². The van der Waals surface area contributed by atoms with Crippen molar-refractivity contribution in [1.82, 2.24) is 15.1 Å². The quantitative estimate of drug-likeness (QED) is 0.605. The van der Waals surface area contributed by atoms with E-state index >= 15 is 0 Å². The summed E-state index contributed by atoms with van der Waals surface area (Å²) in [5, 5.41) is 13.9. The minimum absolute atomic E-state index is 0.542. The van der Waals surface area contributed by atoms with Crippen molar-refractivity contribution in [2.24, 2.45) is 10.9 Å².